The second-order valence-corrected chi connectivity index (χ2v) is 11.2. The molecule has 0 aliphatic heterocycles. The number of hydrogen-bond acceptors (Lipinski definition) is 4. The van der Waals surface area contributed by atoms with Crippen molar-refractivity contribution in [1.29, 1.82) is 0 Å². The van der Waals surface area contributed by atoms with Gasteiger partial charge in [-0.1, -0.05) is 13.8 Å². The van der Waals surface area contributed by atoms with E-state index in [1.165, 1.54) is 25.5 Å². The molecule has 4 saturated carbocycles. The molecule has 0 heterocycles. The number of hydrazone groups is 1. The van der Waals surface area contributed by atoms with E-state index in [1.807, 2.05) is 0 Å². The summed E-state index contributed by atoms with van der Waals surface area (Å²) in [7, 11) is 0. The Morgan fingerprint density at radius 1 is 1.15 bits per heavy atom. The molecule has 5 nitrogen and oxygen atoms in total. The Balaban J connectivity index is 1.53. The van der Waals surface area contributed by atoms with E-state index in [4.69, 9.17) is 0 Å². The van der Waals surface area contributed by atoms with Gasteiger partial charge in [0.2, 0.25) is 5.91 Å². The standard InChI is InChI=1S/C20H24Br2N2O3/c1-18-4-11-5-19(2,8-18)10-20(6-11,9-18)17(27)24-23-7-12-3-13(21)16(26)14(22)15(12)25/h3,7,11,25-26H,4-6,8-10H2,1-2H3,(H,24,27)/b23-7-/t11?,18-,19+,20?. The first-order chi connectivity index (χ1) is 12.5. The largest absolute Gasteiger partial charge is 0.506 e. The lowest BCUT2D eigenvalue weighted by atomic mass is 9.40. The predicted molar refractivity (Wildman–Crippen MR) is 111 cm³/mol. The summed E-state index contributed by atoms with van der Waals surface area (Å²) in [6.07, 6.45) is 7.95. The molecule has 4 fully saturated rings. The topological polar surface area (TPSA) is 81.9 Å². The summed E-state index contributed by atoms with van der Waals surface area (Å²) in [6, 6.07) is 1.55. The van der Waals surface area contributed by atoms with Crippen LogP contribution in [0.4, 0.5) is 0 Å². The van der Waals surface area contributed by atoms with Crippen LogP contribution in [0.2, 0.25) is 0 Å². The molecule has 0 radical (unpaired) electrons. The van der Waals surface area contributed by atoms with Crippen LogP contribution in [0.25, 0.3) is 0 Å². The molecule has 7 heteroatoms. The lowest BCUT2D eigenvalue weighted by molar-refractivity contribution is -0.170. The first kappa shape index (κ1) is 19.2. The third-order valence-corrected chi connectivity index (χ3v) is 8.03. The minimum absolute atomic E-state index is 0.00306. The minimum atomic E-state index is -0.321. The summed E-state index contributed by atoms with van der Waals surface area (Å²) < 4.78 is 0.619. The molecule has 4 atom stereocenters. The maximum atomic E-state index is 13.1. The van der Waals surface area contributed by atoms with Crippen LogP contribution < -0.4 is 5.43 Å². The molecule has 0 aromatic heterocycles. The van der Waals surface area contributed by atoms with Crippen LogP contribution in [0.3, 0.4) is 0 Å². The summed E-state index contributed by atoms with van der Waals surface area (Å²) >= 11 is 6.37. The molecule has 2 unspecified atom stereocenters. The van der Waals surface area contributed by atoms with E-state index in [1.54, 1.807) is 6.07 Å². The van der Waals surface area contributed by atoms with Gasteiger partial charge in [-0.2, -0.15) is 5.10 Å². The van der Waals surface area contributed by atoms with Gasteiger partial charge in [-0.15, -0.1) is 0 Å². The zero-order valence-corrected chi connectivity index (χ0v) is 18.7. The predicted octanol–water partition coefficient (Wildman–Crippen LogP) is 5.07. The number of benzene rings is 1. The molecule has 3 N–H and O–H groups in total. The molecule has 0 spiro atoms. The van der Waals surface area contributed by atoms with Crippen LogP contribution in [0.5, 0.6) is 11.5 Å². The zero-order chi connectivity index (χ0) is 19.6. The molecular formula is C20H24Br2N2O3. The van der Waals surface area contributed by atoms with Gasteiger partial charge in [-0.25, -0.2) is 5.43 Å². The third kappa shape index (κ3) is 3.20. The summed E-state index contributed by atoms with van der Waals surface area (Å²) in [5, 5.41) is 24.0. The average Bonchev–Trinajstić information content (AvgIpc) is 2.54. The highest BCUT2D eigenvalue weighted by Crippen LogP contribution is 2.69. The van der Waals surface area contributed by atoms with Gasteiger partial charge in [0.1, 0.15) is 16.0 Å². The molecular weight excluding hydrogens is 476 g/mol. The van der Waals surface area contributed by atoms with E-state index >= 15 is 0 Å². The van der Waals surface area contributed by atoms with Crippen molar-refractivity contribution in [2.75, 3.05) is 0 Å². The molecule has 4 aliphatic carbocycles. The Morgan fingerprint density at radius 2 is 1.78 bits per heavy atom. The van der Waals surface area contributed by atoms with Gasteiger partial charge in [0.05, 0.1) is 16.1 Å². The van der Waals surface area contributed by atoms with Gasteiger partial charge in [0.25, 0.3) is 0 Å². The fourth-order valence-electron chi connectivity index (χ4n) is 6.70. The maximum Gasteiger partial charge on any atom is 0.246 e. The number of aromatic hydroxyl groups is 2. The molecule has 4 aliphatic rings. The van der Waals surface area contributed by atoms with E-state index in [-0.39, 0.29) is 38.1 Å². The summed E-state index contributed by atoms with van der Waals surface area (Å²) in [4.78, 5) is 13.1. The van der Waals surface area contributed by atoms with Crippen LogP contribution in [0.15, 0.2) is 20.1 Å². The van der Waals surface area contributed by atoms with Gasteiger partial charge in [0.15, 0.2) is 0 Å². The maximum absolute atomic E-state index is 13.1. The molecule has 0 saturated heterocycles. The molecule has 1 amide bonds. The van der Waals surface area contributed by atoms with Crippen LogP contribution in [0, 0.1) is 22.2 Å². The van der Waals surface area contributed by atoms with Crippen LogP contribution in [0.1, 0.15) is 57.9 Å². The van der Waals surface area contributed by atoms with Crippen molar-refractivity contribution in [3.05, 3.63) is 20.6 Å². The molecule has 1 aromatic carbocycles. The van der Waals surface area contributed by atoms with Gasteiger partial charge >= 0.3 is 0 Å². The second-order valence-electron chi connectivity index (χ2n) is 9.57. The van der Waals surface area contributed by atoms with Crippen LogP contribution >= 0.6 is 31.9 Å². The molecule has 5 rings (SSSR count). The van der Waals surface area contributed by atoms with Crippen molar-refractivity contribution >= 4 is 44.0 Å². The number of carbonyl (C=O) groups excluding carboxylic acids is 1. The Hall–Kier alpha value is -1.08. The summed E-state index contributed by atoms with van der Waals surface area (Å²) in [5.41, 5.74) is 3.34. The molecule has 4 bridgehead atoms. The number of hydrogen-bond donors (Lipinski definition) is 3. The number of rotatable bonds is 3. The normalized spacial score (nSPS) is 37.1. The van der Waals surface area contributed by atoms with E-state index in [0.717, 1.165) is 19.3 Å². The zero-order valence-electron chi connectivity index (χ0n) is 15.5. The van der Waals surface area contributed by atoms with Crippen molar-refractivity contribution < 1.29 is 15.0 Å². The number of halogens is 2. The first-order valence-electron chi connectivity index (χ1n) is 9.28. The Morgan fingerprint density at radius 3 is 2.37 bits per heavy atom. The van der Waals surface area contributed by atoms with Gasteiger partial charge in [0, 0.05) is 5.56 Å². The van der Waals surface area contributed by atoms with Crippen LogP contribution in [-0.4, -0.2) is 22.3 Å². The lowest BCUT2D eigenvalue weighted by Crippen LogP contribution is -2.59. The quantitative estimate of drug-likeness (QED) is 0.401. The number of carbonyl (C=O) groups is 1. The smallest absolute Gasteiger partial charge is 0.246 e. The minimum Gasteiger partial charge on any atom is -0.506 e. The first-order valence-corrected chi connectivity index (χ1v) is 10.9. The van der Waals surface area contributed by atoms with Crippen molar-refractivity contribution in [2.45, 2.75) is 52.4 Å². The summed E-state index contributed by atoms with van der Waals surface area (Å²) in [6.45, 7) is 4.68. The van der Waals surface area contributed by atoms with Crippen molar-refractivity contribution in [3.63, 3.8) is 0 Å². The highest BCUT2D eigenvalue weighted by atomic mass is 79.9. The molecule has 146 valence electrons. The highest BCUT2D eigenvalue weighted by molar-refractivity contribution is 9.11. The van der Waals surface area contributed by atoms with Gasteiger partial charge in [-0.3, -0.25) is 4.79 Å². The average molecular weight is 500 g/mol. The SMILES string of the molecule is C[C@]12CC3CC(C(=O)N/N=C\c4cc(Br)c(O)c(Br)c4O)(C1)C[C@@](C)(C3)C2. The van der Waals surface area contributed by atoms with Crippen LogP contribution in [-0.2, 0) is 4.79 Å². The number of phenolic OH excluding ortho intramolecular Hbond substituents is 2. The number of nitrogens with one attached hydrogen (secondary N) is 1. The van der Waals surface area contributed by atoms with Crippen molar-refractivity contribution in [3.8, 4) is 11.5 Å². The second kappa shape index (κ2) is 6.21. The summed E-state index contributed by atoms with van der Waals surface area (Å²) in [5.74, 6) is 0.433. The van der Waals surface area contributed by atoms with Gasteiger partial charge in [-0.05, 0) is 93.2 Å². The lowest BCUT2D eigenvalue weighted by Gasteiger charge is -2.64. The fraction of sp³-hybridized carbons (Fsp3) is 0.600. The number of nitrogens with zero attached hydrogens (tertiary/aromatic N) is 1. The van der Waals surface area contributed by atoms with Gasteiger partial charge < -0.3 is 10.2 Å². The monoisotopic (exact) mass is 498 g/mol. The Labute approximate surface area is 175 Å². The van der Waals surface area contributed by atoms with E-state index in [9.17, 15) is 15.0 Å². The van der Waals surface area contributed by atoms with Crippen molar-refractivity contribution in [1.82, 2.24) is 5.43 Å². The highest BCUT2D eigenvalue weighted by Gasteiger charge is 2.62. The number of phenols is 2. The molecule has 1 aromatic rings. The van der Waals surface area contributed by atoms with Crippen molar-refractivity contribution in [2.24, 2.45) is 27.3 Å². The Kier molecular flexibility index (Phi) is 4.43. The van der Waals surface area contributed by atoms with E-state index in [0.29, 0.717) is 16.0 Å². The van der Waals surface area contributed by atoms with E-state index < -0.39 is 0 Å². The fourth-order valence-corrected chi connectivity index (χ4v) is 7.85. The molecule has 27 heavy (non-hydrogen) atoms. The third-order valence-electron chi connectivity index (χ3n) is 6.68. The number of amides is 1. The van der Waals surface area contributed by atoms with E-state index in [2.05, 4.69) is 56.2 Å². The Bertz CT molecular complexity index is 836.